The molecule has 0 aromatic heterocycles. The summed E-state index contributed by atoms with van der Waals surface area (Å²) in [7, 11) is 0. The van der Waals surface area contributed by atoms with Gasteiger partial charge in [-0.2, -0.15) is 0 Å². The van der Waals surface area contributed by atoms with Gasteiger partial charge in [0.15, 0.2) is 6.61 Å². The molecule has 1 aliphatic heterocycles. The highest BCUT2D eigenvalue weighted by molar-refractivity contribution is 5.97. The molecule has 0 bridgehead atoms. The standard InChI is InChI=1S/C15H22N2O3/c1-10(2)8-17-12-7-11(13(18)5-6-16)3-4-14(12)20-9-15(17)19/h3-4,7,10,13,18H,5-6,8-9,16H2,1-2H3. The minimum Gasteiger partial charge on any atom is -0.482 e. The van der Waals surface area contributed by atoms with Crippen LogP contribution in [-0.4, -0.2) is 30.7 Å². The molecule has 0 saturated carbocycles. The fraction of sp³-hybridized carbons (Fsp3) is 0.533. The number of carbonyl (C=O) groups is 1. The third-order valence-corrected chi connectivity index (χ3v) is 3.30. The summed E-state index contributed by atoms with van der Waals surface area (Å²) in [6.07, 6.45) is -0.110. The molecule has 0 saturated heterocycles. The third kappa shape index (κ3) is 3.11. The Kier molecular flexibility index (Phi) is 4.62. The SMILES string of the molecule is CC(C)CN1C(=O)COc2ccc(C(O)CCN)cc21. The molecule has 0 aliphatic carbocycles. The van der Waals surface area contributed by atoms with Gasteiger partial charge < -0.3 is 20.5 Å². The predicted octanol–water partition coefficient (Wildman–Crippen LogP) is 1.45. The van der Waals surface area contributed by atoms with Gasteiger partial charge in [0.05, 0.1) is 11.8 Å². The average Bonchev–Trinajstić information content (AvgIpc) is 2.41. The molecule has 0 spiro atoms. The number of rotatable bonds is 5. The van der Waals surface area contributed by atoms with E-state index < -0.39 is 6.10 Å². The molecule has 5 heteroatoms. The van der Waals surface area contributed by atoms with Crippen LogP contribution in [0, 0.1) is 5.92 Å². The lowest BCUT2D eigenvalue weighted by atomic mass is 10.0. The summed E-state index contributed by atoms with van der Waals surface area (Å²) in [6, 6.07) is 5.46. The van der Waals surface area contributed by atoms with E-state index in [-0.39, 0.29) is 12.5 Å². The zero-order chi connectivity index (χ0) is 14.7. The van der Waals surface area contributed by atoms with Gasteiger partial charge in [-0.05, 0) is 36.6 Å². The number of nitrogens with zero attached hydrogens (tertiary/aromatic N) is 1. The van der Waals surface area contributed by atoms with Crippen molar-refractivity contribution in [3.8, 4) is 5.75 Å². The van der Waals surface area contributed by atoms with Gasteiger partial charge in [0.2, 0.25) is 0 Å². The first-order valence-corrected chi connectivity index (χ1v) is 6.98. The number of benzene rings is 1. The topological polar surface area (TPSA) is 75.8 Å². The summed E-state index contributed by atoms with van der Waals surface area (Å²) >= 11 is 0. The molecule has 1 aromatic rings. The largest absolute Gasteiger partial charge is 0.482 e. The maximum atomic E-state index is 12.0. The summed E-state index contributed by atoms with van der Waals surface area (Å²) in [6.45, 7) is 5.27. The lowest BCUT2D eigenvalue weighted by molar-refractivity contribution is -0.121. The molecular weight excluding hydrogens is 256 g/mol. The monoisotopic (exact) mass is 278 g/mol. The Balaban J connectivity index is 2.33. The van der Waals surface area contributed by atoms with Gasteiger partial charge in [0, 0.05) is 6.54 Å². The second kappa shape index (κ2) is 6.24. The highest BCUT2D eigenvalue weighted by atomic mass is 16.5. The van der Waals surface area contributed by atoms with Crippen LogP contribution in [-0.2, 0) is 4.79 Å². The number of aliphatic hydroxyl groups excluding tert-OH is 1. The molecule has 1 amide bonds. The molecule has 1 unspecified atom stereocenters. The van der Waals surface area contributed by atoms with E-state index in [0.717, 1.165) is 11.3 Å². The second-order valence-electron chi connectivity index (χ2n) is 5.51. The zero-order valence-corrected chi connectivity index (χ0v) is 12.0. The number of hydrogen-bond donors (Lipinski definition) is 2. The van der Waals surface area contributed by atoms with Crippen molar-refractivity contribution in [1.29, 1.82) is 0 Å². The smallest absolute Gasteiger partial charge is 0.265 e. The van der Waals surface area contributed by atoms with E-state index in [0.29, 0.717) is 31.2 Å². The normalized spacial score (nSPS) is 16.1. The van der Waals surface area contributed by atoms with E-state index in [1.54, 1.807) is 4.90 Å². The average molecular weight is 278 g/mol. The van der Waals surface area contributed by atoms with E-state index in [4.69, 9.17) is 10.5 Å². The number of anilines is 1. The van der Waals surface area contributed by atoms with Crippen LogP contribution in [0.25, 0.3) is 0 Å². The van der Waals surface area contributed by atoms with Crippen LogP contribution in [0.1, 0.15) is 31.9 Å². The Morgan fingerprint density at radius 3 is 2.85 bits per heavy atom. The van der Waals surface area contributed by atoms with E-state index in [1.165, 1.54) is 0 Å². The van der Waals surface area contributed by atoms with E-state index >= 15 is 0 Å². The highest BCUT2D eigenvalue weighted by Crippen LogP contribution is 2.35. The van der Waals surface area contributed by atoms with Gasteiger partial charge in [0.25, 0.3) is 5.91 Å². The maximum Gasteiger partial charge on any atom is 0.265 e. The van der Waals surface area contributed by atoms with Crippen molar-refractivity contribution in [3.63, 3.8) is 0 Å². The summed E-state index contributed by atoms with van der Waals surface area (Å²) in [5, 5.41) is 10.0. The van der Waals surface area contributed by atoms with Crippen molar-refractivity contribution in [3.05, 3.63) is 23.8 Å². The van der Waals surface area contributed by atoms with Gasteiger partial charge in [-0.25, -0.2) is 0 Å². The number of carbonyl (C=O) groups excluding carboxylic acids is 1. The summed E-state index contributed by atoms with van der Waals surface area (Å²) in [5.41, 5.74) is 6.98. The predicted molar refractivity (Wildman–Crippen MR) is 77.8 cm³/mol. The van der Waals surface area contributed by atoms with Gasteiger partial charge in [0.1, 0.15) is 5.75 Å². The van der Waals surface area contributed by atoms with Crippen molar-refractivity contribution < 1.29 is 14.6 Å². The van der Waals surface area contributed by atoms with Gasteiger partial charge in [-0.3, -0.25) is 4.79 Å². The molecule has 1 aromatic carbocycles. The molecule has 1 heterocycles. The Morgan fingerprint density at radius 1 is 1.45 bits per heavy atom. The summed E-state index contributed by atoms with van der Waals surface area (Å²) in [5.74, 6) is 1.01. The molecule has 0 fully saturated rings. The van der Waals surface area contributed by atoms with Crippen LogP contribution in [0.15, 0.2) is 18.2 Å². The lowest BCUT2D eigenvalue weighted by Crippen LogP contribution is -2.41. The van der Waals surface area contributed by atoms with Crippen LogP contribution in [0.2, 0.25) is 0 Å². The quantitative estimate of drug-likeness (QED) is 0.854. The molecule has 110 valence electrons. The Morgan fingerprint density at radius 2 is 2.20 bits per heavy atom. The molecule has 1 aliphatic rings. The molecule has 3 N–H and O–H groups in total. The van der Waals surface area contributed by atoms with Crippen LogP contribution in [0.3, 0.4) is 0 Å². The lowest BCUT2D eigenvalue weighted by Gasteiger charge is -2.31. The van der Waals surface area contributed by atoms with E-state index in [9.17, 15) is 9.90 Å². The van der Waals surface area contributed by atoms with E-state index in [1.807, 2.05) is 18.2 Å². The fourth-order valence-electron chi connectivity index (χ4n) is 2.32. The van der Waals surface area contributed by atoms with Crippen molar-refractivity contribution in [2.75, 3.05) is 24.6 Å². The molecule has 0 radical (unpaired) electrons. The van der Waals surface area contributed by atoms with Crippen LogP contribution in [0.5, 0.6) is 5.75 Å². The third-order valence-electron chi connectivity index (χ3n) is 3.30. The number of nitrogens with two attached hydrogens (primary N) is 1. The number of fused-ring (bicyclic) bond motifs is 1. The first-order chi connectivity index (χ1) is 9.52. The van der Waals surface area contributed by atoms with Gasteiger partial charge >= 0.3 is 0 Å². The fourth-order valence-corrected chi connectivity index (χ4v) is 2.32. The molecule has 20 heavy (non-hydrogen) atoms. The van der Waals surface area contributed by atoms with Gasteiger partial charge in [-0.1, -0.05) is 19.9 Å². The Bertz CT molecular complexity index is 488. The van der Waals surface area contributed by atoms with Crippen LogP contribution in [0.4, 0.5) is 5.69 Å². The molecule has 2 rings (SSSR count). The minimum atomic E-state index is -0.608. The van der Waals surface area contributed by atoms with Crippen LogP contribution < -0.4 is 15.4 Å². The number of aliphatic hydroxyl groups is 1. The Hall–Kier alpha value is -1.59. The Labute approximate surface area is 119 Å². The number of hydrogen-bond acceptors (Lipinski definition) is 4. The maximum absolute atomic E-state index is 12.0. The highest BCUT2D eigenvalue weighted by Gasteiger charge is 2.26. The minimum absolute atomic E-state index is 0.0448. The van der Waals surface area contributed by atoms with Gasteiger partial charge in [-0.15, -0.1) is 0 Å². The first-order valence-electron chi connectivity index (χ1n) is 6.98. The van der Waals surface area contributed by atoms with Crippen molar-refractivity contribution in [2.45, 2.75) is 26.4 Å². The molecule has 5 nitrogen and oxygen atoms in total. The molecular formula is C15H22N2O3. The van der Waals surface area contributed by atoms with Crippen LogP contribution >= 0.6 is 0 Å². The number of ether oxygens (including phenoxy) is 1. The zero-order valence-electron chi connectivity index (χ0n) is 12.0. The van der Waals surface area contributed by atoms with E-state index in [2.05, 4.69) is 13.8 Å². The van der Waals surface area contributed by atoms with Crippen molar-refractivity contribution in [2.24, 2.45) is 11.7 Å². The summed E-state index contributed by atoms with van der Waals surface area (Å²) < 4.78 is 5.44. The van der Waals surface area contributed by atoms with Crippen molar-refractivity contribution >= 4 is 11.6 Å². The first kappa shape index (κ1) is 14.8. The molecule has 1 atom stereocenters. The summed E-state index contributed by atoms with van der Waals surface area (Å²) in [4.78, 5) is 13.8. The van der Waals surface area contributed by atoms with Crippen molar-refractivity contribution in [1.82, 2.24) is 0 Å². The number of amides is 1. The second-order valence-corrected chi connectivity index (χ2v) is 5.51.